The van der Waals surface area contributed by atoms with Crippen LogP contribution in [-0.2, 0) is 0 Å². The SMILES string of the molecule is Clc1cc2oc3ccccc3c2cc1-c1nc(-c2ccc(-c3ccccc3)cc2)nc(-c2cccc3ccccc23)n1. The molecule has 42 heavy (non-hydrogen) atoms. The molecule has 0 radical (unpaired) electrons. The Labute approximate surface area is 246 Å². The maximum Gasteiger partial charge on any atom is 0.165 e. The average molecular weight is 560 g/mol. The maximum atomic E-state index is 6.89. The Morgan fingerprint density at radius 2 is 1.05 bits per heavy atom. The summed E-state index contributed by atoms with van der Waals surface area (Å²) in [5.41, 5.74) is 6.38. The van der Waals surface area contributed by atoms with Gasteiger partial charge in [0.05, 0.1) is 5.02 Å². The van der Waals surface area contributed by atoms with Crippen LogP contribution < -0.4 is 0 Å². The van der Waals surface area contributed by atoms with E-state index in [9.17, 15) is 0 Å². The number of nitrogens with zero attached hydrogens (tertiary/aromatic N) is 3. The highest BCUT2D eigenvalue weighted by atomic mass is 35.5. The molecule has 0 atom stereocenters. The fourth-order valence-corrected chi connectivity index (χ4v) is 5.76. The van der Waals surface area contributed by atoms with E-state index in [1.807, 2.05) is 72.8 Å². The van der Waals surface area contributed by atoms with E-state index in [1.165, 1.54) is 0 Å². The highest BCUT2D eigenvalue weighted by Gasteiger charge is 2.18. The molecule has 6 aromatic carbocycles. The van der Waals surface area contributed by atoms with Crippen LogP contribution in [0, 0.1) is 0 Å². The molecule has 0 amide bonds. The second kappa shape index (κ2) is 9.95. The highest BCUT2D eigenvalue weighted by Crippen LogP contribution is 2.37. The molecule has 0 aliphatic heterocycles. The Hall–Kier alpha value is -5.32. The lowest BCUT2D eigenvalue weighted by molar-refractivity contribution is 0.669. The number of aromatic nitrogens is 3. The summed E-state index contributed by atoms with van der Waals surface area (Å²) in [6.07, 6.45) is 0. The number of rotatable bonds is 4. The summed E-state index contributed by atoms with van der Waals surface area (Å²) in [5, 5.41) is 4.69. The third-order valence-electron chi connectivity index (χ3n) is 7.62. The summed E-state index contributed by atoms with van der Waals surface area (Å²) in [7, 11) is 0. The second-order valence-corrected chi connectivity index (χ2v) is 10.6. The standard InChI is InChI=1S/C37H22ClN3O/c38-32-22-34-30(28-14-6-7-16-33(28)42-34)21-31(32)37-40-35(26-19-17-24(18-20-26)23-9-2-1-3-10-23)39-36(41-37)29-15-8-12-25-11-4-5-13-27(25)29/h1-22H. The predicted molar refractivity (Wildman–Crippen MR) is 171 cm³/mol. The number of para-hydroxylation sites is 1. The number of furan rings is 1. The van der Waals surface area contributed by atoms with Gasteiger partial charge in [-0.3, -0.25) is 0 Å². The molecule has 0 N–H and O–H groups in total. The highest BCUT2D eigenvalue weighted by molar-refractivity contribution is 6.34. The van der Waals surface area contributed by atoms with Gasteiger partial charge in [-0.15, -0.1) is 0 Å². The molecular formula is C37H22ClN3O. The average Bonchev–Trinajstić information content (AvgIpc) is 3.41. The molecule has 8 aromatic rings. The van der Waals surface area contributed by atoms with E-state index < -0.39 is 0 Å². The third kappa shape index (κ3) is 4.21. The van der Waals surface area contributed by atoms with Crippen molar-refractivity contribution < 1.29 is 4.42 Å². The van der Waals surface area contributed by atoms with Crippen molar-refractivity contribution in [3.63, 3.8) is 0 Å². The topological polar surface area (TPSA) is 51.8 Å². The molecule has 2 aromatic heterocycles. The monoisotopic (exact) mass is 559 g/mol. The summed E-state index contributed by atoms with van der Waals surface area (Å²) in [4.78, 5) is 15.0. The molecule has 0 saturated carbocycles. The van der Waals surface area contributed by atoms with Crippen molar-refractivity contribution in [2.45, 2.75) is 0 Å². The lowest BCUT2D eigenvalue weighted by Crippen LogP contribution is -2.01. The van der Waals surface area contributed by atoms with Gasteiger partial charge in [0.1, 0.15) is 11.2 Å². The third-order valence-corrected chi connectivity index (χ3v) is 7.94. The lowest BCUT2D eigenvalue weighted by Gasteiger charge is -2.11. The Balaban J connectivity index is 1.34. The normalized spacial score (nSPS) is 11.5. The number of fused-ring (bicyclic) bond motifs is 4. The Morgan fingerprint density at radius 1 is 0.429 bits per heavy atom. The van der Waals surface area contributed by atoms with Gasteiger partial charge in [0.15, 0.2) is 17.5 Å². The van der Waals surface area contributed by atoms with E-state index >= 15 is 0 Å². The first-order chi connectivity index (χ1) is 20.7. The van der Waals surface area contributed by atoms with E-state index in [0.29, 0.717) is 22.5 Å². The van der Waals surface area contributed by atoms with Gasteiger partial charge in [0, 0.05) is 33.5 Å². The minimum absolute atomic E-state index is 0.507. The molecule has 0 aliphatic carbocycles. The molecule has 8 rings (SSSR count). The minimum Gasteiger partial charge on any atom is -0.456 e. The van der Waals surface area contributed by atoms with E-state index in [0.717, 1.165) is 60.5 Å². The number of benzene rings is 6. The van der Waals surface area contributed by atoms with E-state index in [1.54, 1.807) is 0 Å². The predicted octanol–water partition coefficient (Wildman–Crippen LogP) is 10.2. The zero-order valence-corrected chi connectivity index (χ0v) is 23.1. The van der Waals surface area contributed by atoms with Gasteiger partial charge in [0.25, 0.3) is 0 Å². The van der Waals surface area contributed by atoms with Crippen LogP contribution in [0.3, 0.4) is 0 Å². The Kier molecular flexibility index (Phi) is 5.80. The van der Waals surface area contributed by atoms with Gasteiger partial charge in [-0.25, -0.2) is 15.0 Å². The zero-order valence-electron chi connectivity index (χ0n) is 22.3. The lowest BCUT2D eigenvalue weighted by atomic mass is 10.0. The molecule has 5 heteroatoms. The summed E-state index contributed by atoms with van der Waals surface area (Å²) >= 11 is 6.89. The molecule has 2 heterocycles. The quantitative estimate of drug-likeness (QED) is 0.215. The molecule has 198 valence electrons. The Bertz CT molecular complexity index is 2250. The van der Waals surface area contributed by atoms with Crippen molar-refractivity contribution in [3.8, 4) is 45.3 Å². The molecule has 0 saturated heterocycles. The number of hydrogen-bond acceptors (Lipinski definition) is 4. The van der Waals surface area contributed by atoms with Gasteiger partial charge in [-0.05, 0) is 34.0 Å². The van der Waals surface area contributed by atoms with Crippen molar-refractivity contribution in [1.29, 1.82) is 0 Å². The van der Waals surface area contributed by atoms with E-state index in [-0.39, 0.29) is 0 Å². The van der Waals surface area contributed by atoms with Crippen LogP contribution in [0.2, 0.25) is 5.02 Å². The van der Waals surface area contributed by atoms with Crippen LogP contribution in [-0.4, -0.2) is 15.0 Å². The van der Waals surface area contributed by atoms with Gasteiger partial charge in [-0.1, -0.05) is 127 Å². The molecule has 0 aliphatic rings. The van der Waals surface area contributed by atoms with Crippen LogP contribution in [0.4, 0.5) is 0 Å². The molecule has 4 nitrogen and oxygen atoms in total. The number of hydrogen-bond donors (Lipinski definition) is 0. The van der Waals surface area contributed by atoms with Crippen molar-refractivity contribution >= 4 is 44.3 Å². The zero-order chi connectivity index (χ0) is 28.0. The van der Waals surface area contributed by atoms with Gasteiger partial charge >= 0.3 is 0 Å². The van der Waals surface area contributed by atoms with Gasteiger partial charge < -0.3 is 4.42 Å². The van der Waals surface area contributed by atoms with E-state index in [4.69, 9.17) is 31.0 Å². The van der Waals surface area contributed by atoms with Crippen LogP contribution in [0.25, 0.3) is 78.0 Å². The first kappa shape index (κ1) is 24.5. The molecule has 0 unspecified atom stereocenters. The molecule has 0 fully saturated rings. The first-order valence-corrected chi connectivity index (χ1v) is 14.1. The van der Waals surface area contributed by atoms with Crippen molar-refractivity contribution in [3.05, 3.63) is 138 Å². The van der Waals surface area contributed by atoms with E-state index in [2.05, 4.69) is 60.7 Å². The maximum absolute atomic E-state index is 6.89. The van der Waals surface area contributed by atoms with Crippen molar-refractivity contribution in [1.82, 2.24) is 15.0 Å². The summed E-state index contributed by atoms with van der Waals surface area (Å²) < 4.78 is 6.07. The van der Waals surface area contributed by atoms with Gasteiger partial charge in [0.2, 0.25) is 0 Å². The van der Waals surface area contributed by atoms with Crippen molar-refractivity contribution in [2.75, 3.05) is 0 Å². The van der Waals surface area contributed by atoms with Crippen LogP contribution >= 0.6 is 11.6 Å². The largest absolute Gasteiger partial charge is 0.456 e. The van der Waals surface area contributed by atoms with Crippen molar-refractivity contribution in [2.24, 2.45) is 0 Å². The van der Waals surface area contributed by atoms with Gasteiger partial charge in [-0.2, -0.15) is 0 Å². The fraction of sp³-hybridized carbons (Fsp3) is 0. The smallest absolute Gasteiger partial charge is 0.165 e. The molecule has 0 spiro atoms. The Morgan fingerprint density at radius 3 is 1.88 bits per heavy atom. The summed E-state index contributed by atoms with van der Waals surface area (Å²) in [6, 6.07) is 44.9. The summed E-state index contributed by atoms with van der Waals surface area (Å²) in [6.45, 7) is 0. The number of halogens is 1. The summed E-state index contributed by atoms with van der Waals surface area (Å²) in [5.74, 6) is 1.68. The second-order valence-electron chi connectivity index (χ2n) is 10.2. The first-order valence-electron chi connectivity index (χ1n) is 13.7. The fourth-order valence-electron chi connectivity index (χ4n) is 5.53. The molecular weight excluding hydrogens is 538 g/mol. The molecule has 0 bridgehead atoms. The van der Waals surface area contributed by atoms with Crippen LogP contribution in [0.1, 0.15) is 0 Å². The minimum atomic E-state index is 0.507. The van der Waals surface area contributed by atoms with Crippen LogP contribution in [0.15, 0.2) is 138 Å². The van der Waals surface area contributed by atoms with Crippen LogP contribution in [0.5, 0.6) is 0 Å².